The number of carbonyl (C=O) groups excluding carboxylic acids is 1. The lowest BCUT2D eigenvalue weighted by Gasteiger charge is -2.08. The number of rotatable bonds is 5. The molecule has 0 atom stereocenters. The maximum absolute atomic E-state index is 11.7. The van der Waals surface area contributed by atoms with Gasteiger partial charge in [0.25, 0.3) is 5.91 Å². The van der Waals surface area contributed by atoms with E-state index >= 15 is 0 Å². The summed E-state index contributed by atoms with van der Waals surface area (Å²) in [6.45, 7) is -0.0706. The van der Waals surface area contributed by atoms with Crippen molar-refractivity contribution in [3.8, 4) is 11.5 Å². The van der Waals surface area contributed by atoms with Gasteiger partial charge in [0.05, 0.1) is 7.11 Å². The van der Waals surface area contributed by atoms with Crippen molar-refractivity contribution < 1.29 is 14.3 Å². The lowest BCUT2D eigenvalue weighted by molar-refractivity contribution is -0.118. The molecular formula is C15H14ClNO3. The van der Waals surface area contributed by atoms with Crippen LogP contribution in [0.5, 0.6) is 11.5 Å². The zero-order valence-corrected chi connectivity index (χ0v) is 11.7. The minimum atomic E-state index is -0.242. The number of benzene rings is 2. The first-order valence-corrected chi connectivity index (χ1v) is 6.37. The van der Waals surface area contributed by atoms with Gasteiger partial charge in [-0.1, -0.05) is 17.7 Å². The van der Waals surface area contributed by atoms with Gasteiger partial charge in [-0.25, -0.2) is 0 Å². The second-order valence-corrected chi connectivity index (χ2v) is 4.46. The molecule has 2 rings (SSSR count). The van der Waals surface area contributed by atoms with Gasteiger partial charge in [0.2, 0.25) is 0 Å². The van der Waals surface area contributed by atoms with Crippen LogP contribution >= 0.6 is 11.6 Å². The van der Waals surface area contributed by atoms with E-state index < -0.39 is 0 Å². The Morgan fingerprint density at radius 2 is 1.90 bits per heavy atom. The van der Waals surface area contributed by atoms with Crippen LogP contribution in [0.2, 0.25) is 5.02 Å². The van der Waals surface area contributed by atoms with E-state index in [4.69, 9.17) is 21.1 Å². The van der Waals surface area contributed by atoms with Gasteiger partial charge in [-0.05, 0) is 36.4 Å². The molecule has 5 heteroatoms. The highest BCUT2D eigenvalue weighted by Gasteiger charge is 2.04. The Hall–Kier alpha value is -2.20. The van der Waals surface area contributed by atoms with E-state index in [9.17, 15) is 4.79 Å². The molecule has 1 N–H and O–H groups in total. The summed E-state index contributed by atoms with van der Waals surface area (Å²) in [5.41, 5.74) is 0.661. The molecule has 104 valence electrons. The molecule has 0 unspecified atom stereocenters. The average molecular weight is 292 g/mol. The van der Waals surface area contributed by atoms with Gasteiger partial charge in [0.1, 0.15) is 11.5 Å². The van der Waals surface area contributed by atoms with Crippen LogP contribution in [0.15, 0.2) is 48.5 Å². The van der Waals surface area contributed by atoms with Gasteiger partial charge in [-0.2, -0.15) is 0 Å². The van der Waals surface area contributed by atoms with Crippen LogP contribution in [0.3, 0.4) is 0 Å². The summed E-state index contributed by atoms with van der Waals surface area (Å²) in [6, 6.07) is 14.0. The van der Waals surface area contributed by atoms with E-state index in [1.807, 2.05) is 0 Å². The second-order valence-electron chi connectivity index (χ2n) is 4.02. The minimum Gasteiger partial charge on any atom is -0.497 e. The fraction of sp³-hybridized carbons (Fsp3) is 0.133. The average Bonchev–Trinajstić information content (AvgIpc) is 2.47. The number of carbonyl (C=O) groups is 1. The summed E-state index contributed by atoms with van der Waals surface area (Å²) >= 11 is 5.76. The van der Waals surface area contributed by atoms with Crippen LogP contribution < -0.4 is 14.8 Å². The van der Waals surface area contributed by atoms with Crippen LogP contribution in [0.25, 0.3) is 0 Å². The predicted octanol–water partition coefficient (Wildman–Crippen LogP) is 3.37. The molecule has 0 spiro atoms. The molecule has 4 nitrogen and oxygen atoms in total. The molecular weight excluding hydrogens is 278 g/mol. The Labute approximate surface area is 122 Å². The Morgan fingerprint density at radius 1 is 1.15 bits per heavy atom. The maximum Gasteiger partial charge on any atom is 0.262 e. The third-order valence-electron chi connectivity index (χ3n) is 2.54. The molecule has 0 aliphatic carbocycles. The topological polar surface area (TPSA) is 47.6 Å². The molecule has 0 aromatic heterocycles. The van der Waals surface area contributed by atoms with Crippen molar-refractivity contribution in [2.45, 2.75) is 0 Å². The van der Waals surface area contributed by atoms with Crippen LogP contribution in [-0.4, -0.2) is 19.6 Å². The molecule has 0 saturated carbocycles. The number of anilines is 1. The molecule has 0 aliphatic heterocycles. The first-order chi connectivity index (χ1) is 9.67. The molecule has 0 radical (unpaired) electrons. The van der Waals surface area contributed by atoms with E-state index in [-0.39, 0.29) is 12.5 Å². The third-order valence-corrected chi connectivity index (χ3v) is 2.79. The summed E-state index contributed by atoms with van der Waals surface area (Å²) < 4.78 is 10.4. The fourth-order valence-electron chi connectivity index (χ4n) is 1.58. The van der Waals surface area contributed by atoms with Crippen LogP contribution in [0.1, 0.15) is 0 Å². The standard InChI is InChI=1S/C15H14ClNO3/c1-19-14-4-2-3-12(9-14)17-15(18)10-20-13-7-5-11(16)6-8-13/h2-9H,10H2,1H3,(H,17,18). The lowest BCUT2D eigenvalue weighted by atomic mass is 10.3. The summed E-state index contributed by atoms with van der Waals surface area (Å²) in [7, 11) is 1.57. The van der Waals surface area contributed by atoms with Crippen molar-refractivity contribution in [1.82, 2.24) is 0 Å². The Kier molecular flexibility index (Phi) is 4.85. The van der Waals surface area contributed by atoms with Crippen LogP contribution in [-0.2, 0) is 4.79 Å². The summed E-state index contributed by atoms with van der Waals surface area (Å²) in [5.74, 6) is 1.03. The highest BCUT2D eigenvalue weighted by molar-refractivity contribution is 6.30. The molecule has 0 bridgehead atoms. The number of methoxy groups -OCH3 is 1. The molecule has 0 saturated heterocycles. The summed E-state index contributed by atoms with van der Waals surface area (Å²) in [6.07, 6.45) is 0. The van der Waals surface area contributed by atoms with Crippen molar-refractivity contribution >= 4 is 23.2 Å². The van der Waals surface area contributed by atoms with Crippen molar-refractivity contribution in [3.05, 3.63) is 53.6 Å². The normalized spacial score (nSPS) is 9.90. The Morgan fingerprint density at radius 3 is 2.60 bits per heavy atom. The fourth-order valence-corrected chi connectivity index (χ4v) is 1.70. The predicted molar refractivity (Wildman–Crippen MR) is 78.6 cm³/mol. The summed E-state index contributed by atoms with van der Waals surface area (Å²) in [5, 5.41) is 3.35. The zero-order chi connectivity index (χ0) is 14.4. The zero-order valence-electron chi connectivity index (χ0n) is 10.9. The van der Waals surface area contributed by atoms with Gasteiger partial charge in [0, 0.05) is 16.8 Å². The highest BCUT2D eigenvalue weighted by atomic mass is 35.5. The van der Waals surface area contributed by atoms with Gasteiger partial charge < -0.3 is 14.8 Å². The van der Waals surface area contributed by atoms with Gasteiger partial charge in [-0.3, -0.25) is 4.79 Å². The van der Waals surface area contributed by atoms with E-state index in [2.05, 4.69) is 5.32 Å². The first-order valence-electron chi connectivity index (χ1n) is 5.99. The SMILES string of the molecule is COc1cccc(NC(=O)COc2ccc(Cl)cc2)c1. The smallest absolute Gasteiger partial charge is 0.262 e. The van der Waals surface area contributed by atoms with E-state index in [1.165, 1.54) is 0 Å². The highest BCUT2D eigenvalue weighted by Crippen LogP contribution is 2.17. The number of halogens is 1. The number of nitrogens with one attached hydrogen (secondary N) is 1. The van der Waals surface area contributed by atoms with Crippen molar-refractivity contribution in [1.29, 1.82) is 0 Å². The van der Waals surface area contributed by atoms with E-state index in [0.29, 0.717) is 22.2 Å². The molecule has 20 heavy (non-hydrogen) atoms. The third kappa shape index (κ3) is 4.17. The Bertz CT molecular complexity index is 584. The molecule has 0 aliphatic rings. The van der Waals surface area contributed by atoms with Gasteiger partial charge in [0.15, 0.2) is 6.61 Å². The largest absolute Gasteiger partial charge is 0.497 e. The van der Waals surface area contributed by atoms with Crippen molar-refractivity contribution in [2.24, 2.45) is 0 Å². The van der Waals surface area contributed by atoms with Crippen LogP contribution in [0.4, 0.5) is 5.69 Å². The van der Waals surface area contributed by atoms with Crippen molar-refractivity contribution in [3.63, 3.8) is 0 Å². The van der Waals surface area contributed by atoms with E-state index in [0.717, 1.165) is 0 Å². The number of ether oxygens (including phenoxy) is 2. The molecule has 2 aromatic carbocycles. The van der Waals surface area contributed by atoms with E-state index in [1.54, 1.807) is 55.6 Å². The molecule has 1 amide bonds. The number of hydrogen-bond donors (Lipinski definition) is 1. The monoisotopic (exact) mass is 291 g/mol. The minimum absolute atomic E-state index is 0.0706. The quantitative estimate of drug-likeness (QED) is 0.919. The Balaban J connectivity index is 1.87. The second kappa shape index (κ2) is 6.82. The van der Waals surface area contributed by atoms with Crippen LogP contribution in [0, 0.1) is 0 Å². The molecule has 0 heterocycles. The molecule has 0 fully saturated rings. The van der Waals surface area contributed by atoms with Gasteiger partial charge >= 0.3 is 0 Å². The number of hydrogen-bond acceptors (Lipinski definition) is 3. The maximum atomic E-state index is 11.7. The summed E-state index contributed by atoms with van der Waals surface area (Å²) in [4.78, 5) is 11.7. The van der Waals surface area contributed by atoms with Crippen molar-refractivity contribution in [2.75, 3.05) is 19.0 Å². The first kappa shape index (κ1) is 14.2. The lowest BCUT2D eigenvalue weighted by Crippen LogP contribution is -2.20. The molecule has 2 aromatic rings. The number of amides is 1. The van der Waals surface area contributed by atoms with Gasteiger partial charge in [-0.15, -0.1) is 0 Å².